The Morgan fingerprint density at radius 2 is 1.81 bits per heavy atom. The van der Waals surface area contributed by atoms with Gasteiger partial charge in [-0.05, 0) is 50.1 Å². The maximum absolute atomic E-state index is 12.4. The fourth-order valence-electron chi connectivity index (χ4n) is 3.01. The number of ether oxygens (including phenoxy) is 1. The van der Waals surface area contributed by atoms with Crippen molar-refractivity contribution in [3.05, 3.63) is 47.3 Å². The number of anilines is 2. The van der Waals surface area contributed by atoms with Crippen LogP contribution in [0.1, 0.15) is 52.2 Å². The van der Waals surface area contributed by atoms with Gasteiger partial charge in [0.05, 0.1) is 12.7 Å². The standard InChI is InChI=1S/C19H22N4O3/c1-12-11-16(17(24)21-14-5-3-4-6-14)23-19(20-12)22-15-9-7-13(8-10-15)18(25)26-2/h7-11,14H,3-6H2,1-2H3,(H,21,24)(H,20,22,23). The van der Waals surface area contributed by atoms with E-state index in [9.17, 15) is 9.59 Å². The third kappa shape index (κ3) is 4.36. The van der Waals surface area contributed by atoms with Crippen LogP contribution in [-0.2, 0) is 4.74 Å². The van der Waals surface area contributed by atoms with E-state index in [4.69, 9.17) is 0 Å². The molecule has 0 bridgehead atoms. The van der Waals surface area contributed by atoms with Gasteiger partial charge in [-0.2, -0.15) is 0 Å². The van der Waals surface area contributed by atoms with Gasteiger partial charge in [-0.1, -0.05) is 12.8 Å². The minimum atomic E-state index is -0.394. The van der Waals surface area contributed by atoms with Crippen LogP contribution in [-0.4, -0.2) is 35.0 Å². The minimum Gasteiger partial charge on any atom is -0.465 e. The zero-order chi connectivity index (χ0) is 18.5. The Hall–Kier alpha value is -2.96. The van der Waals surface area contributed by atoms with Gasteiger partial charge < -0.3 is 15.4 Å². The smallest absolute Gasteiger partial charge is 0.337 e. The first-order valence-corrected chi connectivity index (χ1v) is 8.67. The molecule has 1 saturated carbocycles. The average molecular weight is 354 g/mol. The van der Waals surface area contributed by atoms with Crippen LogP contribution in [0.15, 0.2) is 30.3 Å². The van der Waals surface area contributed by atoms with Crippen molar-refractivity contribution in [3.63, 3.8) is 0 Å². The van der Waals surface area contributed by atoms with Crippen LogP contribution in [0.4, 0.5) is 11.6 Å². The summed E-state index contributed by atoms with van der Waals surface area (Å²) in [5.41, 5.74) is 2.22. The summed E-state index contributed by atoms with van der Waals surface area (Å²) in [5, 5.41) is 6.09. The summed E-state index contributed by atoms with van der Waals surface area (Å²) in [6.45, 7) is 1.82. The van der Waals surface area contributed by atoms with E-state index in [1.807, 2.05) is 6.92 Å². The number of carbonyl (C=O) groups excluding carboxylic acids is 2. The number of rotatable bonds is 5. The SMILES string of the molecule is COC(=O)c1ccc(Nc2nc(C)cc(C(=O)NC3CCCC3)n2)cc1. The number of amides is 1. The lowest BCUT2D eigenvalue weighted by atomic mass is 10.2. The van der Waals surface area contributed by atoms with Gasteiger partial charge in [-0.15, -0.1) is 0 Å². The normalized spacial score (nSPS) is 14.1. The number of nitrogens with one attached hydrogen (secondary N) is 2. The Labute approximate surface area is 152 Å². The van der Waals surface area contributed by atoms with Gasteiger partial charge in [-0.3, -0.25) is 4.79 Å². The number of methoxy groups -OCH3 is 1. The van der Waals surface area contributed by atoms with E-state index in [-0.39, 0.29) is 11.9 Å². The molecule has 7 heteroatoms. The molecule has 0 spiro atoms. The van der Waals surface area contributed by atoms with E-state index in [2.05, 4.69) is 25.3 Å². The van der Waals surface area contributed by atoms with Gasteiger partial charge in [0.15, 0.2) is 0 Å². The summed E-state index contributed by atoms with van der Waals surface area (Å²) in [6.07, 6.45) is 4.35. The van der Waals surface area contributed by atoms with Gasteiger partial charge >= 0.3 is 5.97 Å². The lowest BCUT2D eigenvalue weighted by Gasteiger charge is -2.13. The summed E-state index contributed by atoms with van der Waals surface area (Å²) in [4.78, 5) is 32.5. The van der Waals surface area contributed by atoms with Crippen molar-refractivity contribution in [2.75, 3.05) is 12.4 Å². The molecule has 2 N–H and O–H groups in total. The fourth-order valence-corrected chi connectivity index (χ4v) is 3.01. The lowest BCUT2D eigenvalue weighted by Crippen LogP contribution is -2.33. The third-order valence-corrected chi connectivity index (χ3v) is 4.34. The molecule has 1 amide bonds. The monoisotopic (exact) mass is 354 g/mol. The van der Waals surface area contributed by atoms with Crippen molar-refractivity contribution in [2.45, 2.75) is 38.6 Å². The van der Waals surface area contributed by atoms with Crippen LogP contribution >= 0.6 is 0 Å². The van der Waals surface area contributed by atoms with Crippen LogP contribution in [0.2, 0.25) is 0 Å². The number of esters is 1. The number of carbonyl (C=O) groups is 2. The van der Waals surface area contributed by atoms with Crippen molar-refractivity contribution in [1.82, 2.24) is 15.3 Å². The lowest BCUT2D eigenvalue weighted by molar-refractivity contribution is 0.0600. The molecular formula is C19H22N4O3. The maximum atomic E-state index is 12.4. The summed E-state index contributed by atoms with van der Waals surface area (Å²) in [5.74, 6) is -0.229. The van der Waals surface area contributed by atoms with Crippen molar-refractivity contribution in [2.24, 2.45) is 0 Å². The molecule has 1 heterocycles. The van der Waals surface area contributed by atoms with Crippen molar-refractivity contribution in [1.29, 1.82) is 0 Å². The van der Waals surface area contributed by atoms with Gasteiger partial charge in [0.25, 0.3) is 5.91 Å². The van der Waals surface area contributed by atoms with E-state index in [0.717, 1.165) is 25.7 Å². The number of hydrogen-bond acceptors (Lipinski definition) is 6. The van der Waals surface area contributed by atoms with Crippen LogP contribution in [0, 0.1) is 6.92 Å². The summed E-state index contributed by atoms with van der Waals surface area (Å²) in [7, 11) is 1.34. The number of aromatic nitrogens is 2. The molecule has 136 valence electrons. The van der Waals surface area contributed by atoms with Crippen LogP contribution in [0.25, 0.3) is 0 Å². The van der Waals surface area contributed by atoms with E-state index >= 15 is 0 Å². The molecule has 2 aromatic rings. The molecular weight excluding hydrogens is 332 g/mol. The molecule has 26 heavy (non-hydrogen) atoms. The number of aryl methyl sites for hydroxylation is 1. The van der Waals surface area contributed by atoms with Gasteiger partial charge in [-0.25, -0.2) is 14.8 Å². The minimum absolute atomic E-state index is 0.175. The highest BCUT2D eigenvalue weighted by Gasteiger charge is 2.19. The second-order valence-electron chi connectivity index (χ2n) is 6.37. The Kier molecular flexibility index (Phi) is 5.46. The van der Waals surface area contributed by atoms with E-state index in [1.54, 1.807) is 30.3 Å². The molecule has 1 aliphatic rings. The Morgan fingerprint density at radius 3 is 2.46 bits per heavy atom. The highest BCUT2D eigenvalue weighted by atomic mass is 16.5. The number of hydrogen-bond donors (Lipinski definition) is 2. The topological polar surface area (TPSA) is 93.2 Å². The Bertz CT molecular complexity index is 799. The zero-order valence-electron chi connectivity index (χ0n) is 14.9. The number of benzene rings is 1. The van der Waals surface area contributed by atoms with Crippen molar-refractivity contribution in [3.8, 4) is 0 Å². The number of nitrogens with zero attached hydrogens (tertiary/aromatic N) is 2. The molecule has 1 fully saturated rings. The summed E-state index contributed by atoms with van der Waals surface area (Å²) >= 11 is 0. The van der Waals surface area contributed by atoms with E-state index in [1.165, 1.54) is 7.11 Å². The molecule has 3 rings (SSSR count). The highest BCUT2D eigenvalue weighted by Crippen LogP contribution is 2.19. The Morgan fingerprint density at radius 1 is 1.12 bits per heavy atom. The molecule has 0 atom stereocenters. The first-order chi connectivity index (χ1) is 12.5. The van der Waals surface area contributed by atoms with Gasteiger partial charge in [0.1, 0.15) is 5.69 Å². The van der Waals surface area contributed by atoms with E-state index < -0.39 is 5.97 Å². The van der Waals surface area contributed by atoms with Gasteiger partial charge in [0.2, 0.25) is 5.95 Å². The molecule has 0 saturated heterocycles. The highest BCUT2D eigenvalue weighted by molar-refractivity contribution is 5.93. The maximum Gasteiger partial charge on any atom is 0.337 e. The van der Waals surface area contributed by atoms with Gasteiger partial charge in [0, 0.05) is 17.4 Å². The molecule has 7 nitrogen and oxygen atoms in total. The Balaban J connectivity index is 1.72. The predicted octanol–water partition coefficient (Wildman–Crippen LogP) is 2.99. The summed E-state index contributed by atoms with van der Waals surface area (Å²) in [6, 6.07) is 8.68. The van der Waals surface area contributed by atoms with Crippen molar-refractivity contribution < 1.29 is 14.3 Å². The first kappa shape index (κ1) is 17.8. The second kappa shape index (κ2) is 7.95. The molecule has 0 aliphatic heterocycles. The predicted molar refractivity (Wildman–Crippen MR) is 97.6 cm³/mol. The molecule has 0 unspecified atom stereocenters. The van der Waals surface area contributed by atoms with Crippen LogP contribution in [0.5, 0.6) is 0 Å². The van der Waals surface area contributed by atoms with Crippen LogP contribution < -0.4 is 10.6 Å². The quantitative estimate of drug-likeness (QED) is 0.802. The zero-order valence-corrected chi connectivity index (χ0v) is 14.9. The molecule has 1 aromatic carbocycles. The first-order valence-electron chi connectivity index (χ1n) is 8.67. The van der Waals surface area contributed by atoms with E-state index in [0.29, 0.717) is 28.6 Å². The average Bonchev–Trinajstić information content (AvgIpc) is 3.14. The third-order valence-electron chi connectivity index (χ3n) is 4.34. The largest absolute Gasteiger partial charge is 0.465 e. The second-order valence-corrected chi connectivity index (χ2v) is 6.37. The molecule has 1 aliphatic carbocycles. The van der Waals surface area contributed by atoms with Crippen molar-refractivity contribution >= 4 is 23.5 Å². The molecule has 1 aromatic heterocycles. The fraction of sp³-hybridized carbons (Fsp3) is 0.368. The molecule has 0 radical (unpaired) electrons. The summed E-state index contributed by atoms with van der Waals surface area (Å²) < 4.78 is 4.68. The van der Waals surface area contributed by atoms with Crippen LogP contribution in [0.3, 0.4) is 0 Å².